The number of carbonyl (C=O) groups is 1. The fourth-order valence-electron chi connectivity index (χ4n) is 2.36. The first kappa shape index (κ1) is 11.9. The number of hydrogen-bond donors (Lipinski definition) is 2. The van der Waals surface area contributed by atoms with Crippen molar-refractivity contribution in [2.24, 2.45) is 5.92 Å². The number of nitrogens with zero attached hydrogens (tertiary/aromatic N) is 1. The molecule has 17 heavy (non-hydrogen) atoms. The minimum absolute atomic E-state index is 0.129. The van der Waals surface area contributed by atoms with E-state index in [4.69, 9.17) is 5.73 Å². The lowest BCUT2D eigenvalue weighted by atomic mass is 10.0. The van der Waals surface area contributed by atoms with Crippen LogP contribution in [0.2, 0.25) is 0 Å². The van der Waals surface area contributed by atoms with Gasteiger partial charge in [0.1, 0.15) is 11.5 Å². The minimum Gasteiger partial charge on any atom is -0.384 e. The average Bonchev–Trinajstić information content (AvgIpc) is 2.82. The molecule has 1 heterocycles. The maximum Gasteiger partial charge on any atom is 0.269 e. The minimum atomic E-state index is -0.129. The van der Waals surface area contributed by atoms with E-state index in [9.17, 15) is 4.79 Å². The molecule has 2 rings (SSSR count). The highest BCUT2D eigenvalue weighted by Gasteiger charge is 2.15. The topological polar surface area (TPSA) is 68.0 Å². The zero-order valence-electron chi connectivity index (χ0n) is 9.98. The maximum absolute atomic E-state index is 11.7. The molecule has 1 saturated carbocycles. The summed E-state index contributed by atoms with van der Waals surface area (Å²) in [5.74, 6) is 1.05. The number of amides is 1. The molecule has 0 radical (unpaired) electrons. The Hall–Kier alpha value is -1.58. The molecule has 0 aromatic carbocycles. The number of aromatic nitrogens is 1. The van der Waals surface area contributed by atoms with Crippen LogP contribution >= 0.6 is 0 Å². The molecule has 1 amide bonds. The van der Waals surface area contributed by atoms with E-state index in [-0.39, 0.29) is 5.91 Å². The molecule has 0 spiro atoms. The number of nitrogen functional groups attached to an aromatic ring is 1. The number of rotatable bonds is 4. The van der Waals surface area contributed by atoms with Gasteiger partial charge < -0.3 is 11.1 Å². The lowest BCUT2D eigenvalue weighted by Crippen LogP contribution is -2.26. The third-order valence-electron chi connectivity index (χ3n) is 3.32. The van der Waals surface area contributed by atoms with E-state index in [0.29, 0.717) is 11.5 Å². The highest BCUT2D eigenvalue weighted by atomic mass is 16.1. The molecule has 1 aromatic rings. The molecule has 4 heteroatoms. The Labute approximate surface area is 102 Å². The van der Waals surface area contributed by atoms with Crippen LogP contribution in [-0.2, 0) is 0 Å². The van der Waals surface area contributed by atoms with Crippen molar-refractivity contribution < 1.29 is 4.79 Å². The molecule has 3 N–H and O–H groups in total. The predicted molar refractivity (Wildman–Crippen MR) is 67.6 cm³/mol. The van der Waals surface area contributed by atoms with Gasteiger partial charge in [-0.1, -0.05) is 31.7 Å². The van der Waals surface area contributed by atoms with E-state index >= 15 is 0 Å². The van der Waals surface area contributed by atoms with Gasteiger partial charge in [0.05, 0.1) is 0 Å². The quantitative estimate of drug-likeness (QED) is 0.835. The molecule has 92 valence electrons. The van der Waals surface area contributed by atoms with Crippen molar-refractivity contribution in [2.45, 2.75) is 32.1 Å². The van der Waals surface area contributed by atoms with Crippen molar-refractivity contribution in [2.75, 3.05) is 12.3 Å². The lowest BCUT2D eigenvalue weighted by Gasteiger charge is -2.09. The normalized spacial score (nSPS) is 16.0. The third kappa shape index (κ3) is 3.44. The van der Waals surface area contributed by atoms with Gasteiger partial charge in [-0.05, 0) is 24.5 Å². The van der Waals surface area contributed by atoms with Gasteiger partial charge in [-0.3, -0.25) is 4.79 Å². The second-order valence-electron chi connectivity index (χ2n) is 4.64. The Morgan fingerprint density at radius 2 is 2.18 bits per heavy atom. The van der Waals surface area contributed by atoms with Gasteiger partial charge in [-0.2, -0.15) is 0 Å². The van der Waals surface area contributed by atoms with Crippen molar-refractivity contribution in [1.82, 2.24) is 10.3 Å². The Balaban J connectivity index is 1.77. The van der Waals surface area contributed by atoms with Crippen LogP contribution in [0, 0.1) is 5.92 Å². The first-order valence-electron chi connectivity index (χ1n) is 6.26. The summed E-state index contributed by atoms with van der Waals surface area (Å²) >= 11 is 0. The highest BCUT2D eigenvalue weighted by Crippen LogP contribution is 2.26. The Morgan fingerprint density at radius 3 is 2.88 bits per heavy atom. The van der Waals surface area contributed by atoms with E-state index < -0.39 is 0 Å². The molecule has 1 aromatic heterocycles. The van der Waals surface area contributed by atoms with Crippen LogP contribution in [0.1, 0.15) is 42.6 Å². The summed E-state index contributed by atoms with van der Waals surface area (Å²) in [6.45, 7) is 0.736. The van der Waals surface area contributed by atoms with Crippen molar-refractivity contribution >= 4 is 11.7 Å². The van der Waals surface area contributed by atoms with Gasteiger partial charge in [0, 0.05) is 6.54 Å². The Bertz CT molecular complexity index is 386. The molecule has 0 unspecified atom stereocenters. The predicted octanol–water partition coefficient (Wildman–Crippen LogP) is 1.97. The van der Waals surface area contributed by atoms with Crippen LogP contribution < -0.4 is 11.1 Å². The molecule has 1 fully saturated rings. The first-order chi connectivity index (χ1) is 8.25. The molecular formula is C13H19N3O. The second kappa shape index (κ2) is 5.66. The molecule has 0 bridgehead atoms. The fourth-order valence-corrected chi connectivity index (χ4v) is 2.36. The van der Waals surface area contributed by atoms with E-state index in [1.165, 1.54) is 25.7 Å². The summed E-state index contributed by atoms with van der Waals surface area (Å²) in [5, 5.41) is 2.90. The van der Waals surface area contributed by atoms with E-state index in [2.05, 4.69) is 10.3 Å². The summed E-state index contributed by atoms with van der Waals surface area (Å²) in [4.78, 5) is 15.7. The van der Waals surface area contributed by atoms with Crippen molar-refractivity contribution in [1.29, 1.82) is 0 Å². The van der Waals surface area contributed by atoms with Gasteiger partial charge in [-0.15, -0.1) is 0 Å². The zero-order chi connectivity index (χ0) is 12.1. The Kier molecular flexibility index (Phi) is 3.96. The number of anilines is 1. The standard InChI is InChI=1S/C13H19N3O/c14-12-7-3-6-11(16-12)13(17)15-9-8-10-4-1-2-5-10/h3,6-7,10H,1-2,4-5,8-9H2,(H2,14,16)(H,15,17). The number of nitrogens with two attached hydrogens (primary N) is 1. The number of hydrogen-bond acceptors (Lipinski definition) is 3. The smallest absolute Gasteiger partial charge is 0.269 e. The Morgan fingerprint density at radius 1 is 1.41 bits per heavy atom. The van der Waals surface area contributed by atoms with Crippen LogP contribution in [0.25, 0.3) is 0 Å². The summed E-state index contributed by atoms with van der Waals surface area (Å²) in [7, 11) is 0. The highest BCUT2D eigenvalue weighted by molar-refractivity contribution is 5.92. The number of nitrogens with one attached hydrogen (secondary N) is 1. The number of carbonyl (C=O) groups excluding carboxylic acids is 1. The van der Waals surface area contributed by atoms with Gasteiger partial charge in [0.2, 0.25) is 0 Å². The largest absolute Gasteiger partial charge is 0.384 e. The monoisotopic (exact) mass is 233 g/mol. The van der Waals surface area contributed by atoms with Crippen LogP contribution in [0.15, 0.2) is 18.2 Å². The fraction of sp³-hybridized carbons (Fsp3) is 0.538. The van der Waals surface area contributed by atoms with Gasteiger partial charge >= 0.3 is 0 Å². The molecule has 4 nitrogen and oxygen atoms in total. The lowest BCUT2D eigenvalue weighted by molar-refractivity contribution is 0.0946. The SMILES string of the molecule is Nc1cccc(C(=O)NCCC2CCCC2)n1. The van der Waals surface area contributed by atoms with E-state index in [0.717, 1.165) is 18.9 Å². The van der Waals surface area contributed by atoms with Crippen molar-refractivity contribution in [3.63, 3.8) is 0 Å². The van der Waals surface area contributed by atoms with Crippen LogP contribution in [-0.4, -0.2) is 17.4 Å². The second-order valence-corrected chi connectivity index (χ2v) is 4.64. The summed E-state index contributed by atoms with van der Waals surface area (Å²) < 4.78 is 0. The summed E-state index contributed by atoms with van der Waals surface area (Å²) in [6, 6.07) is 5.10. The zero-order valence-corrected chi connectivity index (χ0v) is 9.98. The van der Waals surface area contributed by atoms with Crippen molar-refractivity contribution in [3.8, 4) is 0 Å². The van der Waals surface area contributed by atoms with E-state index in [1.54, 1.807) is 18.2 Å². The van der Waals surface area contributed by atoms with Crippen LogP contribution in [0.4, 0.5) is 5.82 Å². The van der Waals surface area contributed by atoms with Gasteiger partial charge in [0.25, 0.3) is 5.91 Å². The summed E-state index contributed by atoms with van der Waals surface area (Å²) in [5.41, 5.74) is 5.93. The van der Waals surface area contributed by atoms with E-state index in [1.807, 2.05) is 0 Å². The molecule has 0 atom stereocenters. The van der Waals surface area contributed by atoms with Crippen molar-refractivity contribution in [3.05, 3.63) is 23.9 Å². The molecule has 0 aliphatic heterocycles. The van der Waals surface area contributed by atoms with Gasteiger partial charge in [0.15, 0.2) is 0 Å². The molecular weight excluding hydrogens is 214 g/mol. The van der Waals surface area contributed by atoms with Gasteiger partial charge in [-0.25, -0.2) is 4.98 Å². The maximum atomic E-state index is 11.7. The average molecular weight is 233 g/mol. The van der Waals surface area contributed by atoms with Crippen LogP contribution in [0.5, 0.6) is 0 Å². The third-order valence-corrected chi connectivity index (χ3v) is 3.32. The first-order valence-corrected chi connectivity index (χ1v) is 6.26. The molecule has 1 aliphatic rings. The summed E-state index contributed by atoms with van der Waals surface area (Å²) in [6.07, 6.45) is 6.39. The molecule has 0 saturated heterocycles. The van der Waals surface area contributed by atoms with Crippen LogP contribution in [0.3, 0.4) is 0 Å². The number of pyridine rings is 1. The molecule has 1 aliphatic carbocycles.